The molecule has 1 amide bonds. The summed E-state index contributed by atoms with van der Waals surface area (Å²) in [5.41, 5.74) is 2.34. The molecule has 5 heteroatoms. The number of hydrogen-bond acceptors (Lipinski definition) is 3. The number of nitrogens with one attached hydrogen (secondary N) is 1. The fourth-order valence-electron chi connectivity index (χ4n) is 0.483. The number of amidine groups is 1. The lowest BCUT2D eigenvalue weighted by molar-refractivity contribution is -0.125. The number of nitrogens with two attached hydrogens (primary N) is 1. The van der Waals surface area contributed by atoms with Crippen LogP contribution in [0.2, 0.25) is 0 Å². The van der Waals surface area contributed by atoms with Crippen molar-refractivity contribution in [2.24, 2.45) is 10.8 Å². The van der Waals surface area contributed by atoms with E-state index < -0.39 is 0 Å². The summed E-state index contributed by atoms with van der Waals surface area (Å²) in [4.78, 5) is 16.0. The number of carbonyl (C=O) groups excluding carboxylic acids is 1. The Morgan fingerprint density at radius 3 is 2.42 bits per heavy atom. The van der Waals surface area contributed by atoms with Gasteiger partial charge in [0, 0.05) is 14.0 Å². The molecule has 0 aromatic rings. The van der Waals surface area contributed by atoms with Crippen molar-refractivity contribution in [3.8, 4) is 0 Å². The molecule has 0 heterocycles. The minimum absolute atomic E-state index is 0.117. The average Bonchev–Trinajstić information content (AvgIpc) is 2.02. The zero-order valence-electron chi connectivity index (χ0n) is 7.59. The maximum Gasteiger partial charge on any atom is 0.224 e. The van der Waals surface area contributed by atoms with Crippen molar-refractivity contribution in [2.45, 2.75) is 13.8 Å². The Hall–Kier alpha value is -1.36. The summed E-state index contributed by atoms with van der Waals surface area (Å²) < 4.78 is 0. The van der Waals surface area contributed by atoms with Gasteiger partial charge in [-0.2, -0.15) is 0 Å². The predicted molar refractivity (Wildman–Crippen MR) is 48.0 cm³/mol. The molecule has 0 atom stereocenters. The van der Waals surface area contributed by atoms with Gasteiger partial charge in [0.05, 0.1) is 0 Å². The highest BCUT2D eigenvalue weighted by Crippen LogP contribution is 1.99. The summed E-state index contributed by atoms with van der Waals surface area (Å²) in [6, 6.07) is 0. The van der Waals surface area contributed by atoms with E-state index in [1.165, 1.54) is 11.8 Å². The third kappa shape index (κ3) is 3.16. The van der Waals surface area contributed by atoms with Crippen LogP contribution in [0.15, 0.2) is 17.4 Å². The van der Waals surface area contributed by atoms with E-state index >= 15 is 0 Å². The van der Waals surface area contributed by atoms with Gasteiger partial charge in [-0.3, -0.25) is 4.79 Å². The topological polar surface area (TPSA) is 70.7 Å². The lowest BCUT2D eigenvalue weighted by atomic mass is 10.5. The number of hydrogen-bond donors (Lipinski definition) is 2. The highest BCUT2D eigenvalue weighted by molar-refractivity contribution is 5.81. The van der Waals surface area contributed by atoms with Gasteiger partial charge in [-0.25, -0.2) is 10.8 Å². The van der Waals surface area contributed by atoms with Crippen molar-refractivity contribution in [3.63, 3.8) is 0 Å². The fraction of sp³-hybridized carbons (Fsp3) is 0.429. The molecule has 0 rings (SSSR count). The van der Waals surface area contributed by atoms with Gasteiger partial charge in [-0.05, 0) is 6.92 Å². The monoisotopic (exact) mass is 170 g/mol. The Labute approximate surface area is 71.9 Å². The van der Waals surface area contributed by atoms with Gasteiger partial charge in [0.15, 0.2) is 0 Å². The Bertz CT molecular complexity index is 221. The smallest absolute Gasteiger partial charge is 0.224 e. The molecule has 12 heavy (non-hydrogen) atoms. The van der Waals surface area contributed by atoms with E-state index in [1.54, 1.807) is 14.0 Å². The Balaban J connectivity index is 4.32. The van der Waals surface area contributed by atoms with Crippen LogP contribution in [0.4, 0.5) is 0 Å². The Morgan fingerprint density at radius 2 is 2.08 bits per heavy atom. The molecule has 0 fully saturated rings. The van der Waals surface area contributed by atoms with Gasteiger partial charge in [0.25, 0.3) is 0 Å². The molecule has 0 saturated carbocycles. The van der Waals surface area contributed by atoms with Crippen molar-refractivity contribution >= 4 is 11.7 Å². The highest BCUT2D eigenvalue weighted by Gasteiger charge is 2.04. The van der Waals surface area contributed by atoms with Crippen LogP contribution in [0.5, 0.6) is 0 Å². The molecule has 0 saturated heterocycles. The van der Waals surface area contributed by atoms with Crippen molar-refractivity contribution in [3.05, 3.63) is 12.4 Å². The second-order valence-electron chi connectivity index (χ2n) is 2.34. The molecule has 0 aromatic carbocycles. The first kappa shape index (κ1) is 10.6. The summed E-state index contributed by atoms with van der Waals surface area (Å²) in [6.07, 6.45) is 0. The molecule has 0 aliphatic heterocycles. The molecule has 0 unspecified atom stereocenters. The lowest BCUT2D eigenvalue weighted by Gasteiger charge is -2.13. The first-order valence-electron chi connectivity index (χ1n) is 3.44. The standard InChI is InChI=1S/C7H14N4O/c1-5(10-8)9-6(2)11(4)7(3)12/h2,8H2,1,3-4H3,(H,9,10). The summed E-state index contributed by atoms with van der Waals surface area (Å²) in [7, 11) is 1.60. The number of rotatable bonds is 2. The maximum atomic E-state index is 10.8. The van der Waals surface area contributed by atoms with E-state index in [-0.39, 0.29) is 5.91 Å². The van der Waals surface area contributed by atoms with Crippen molar-refractivity contribution in [1.29, 1.82) is 0 Å². The molecule has 0 aromatic heterocycles. The molecule has 0 bridgehead atoms. The van der Waals surface area contributed by atoms with E-state index in [0.29, 0.717) is 11.7 Å². The minimum atomic E-state index is -0.117. The lowest BCUT2D eigenvalue weighted by Crippen LogP contribution is -2.29. The molecule has 5 nitrogen and oxygen atoms in total. The van der Waals surface area contributed by atoms with Gasteiger partial charge < -0.3 is 10.3 Å². The SMILES string of the molecule is C=C(N=C(C)NN)N(C)C(C)=O. The van der Waals surface area contributed by atoms with Crippen LogP contribution >= 0.6 is 0 Å². The van der Waals surface area contributed by atoms with Crippen molar-refractivity contribution in [2.75, 3.05) is 7.05 Å². The van der Waals surface area contributed by atoms with Crippen molar-refractivity contribution in [1.82, 2.24) is 10.3 Å². The quantitative estimate of drug-likeness (QED) is 0.261. The molecule has 0 aliphatic rings. The largest absolute Gasteiger partial charge is 0.312 e. The van der Waals surface area contributed by atoms with Crippen LogP contribution in [-0.4, -0.2) is 23.7 Å². The summed E-state index contributed by atoms with van der Waals surface area (Å²) in [5.74, 6) is 5.82. The molecule has 0 radical (unpaired) electrons. The zero-order chi connectivity index (χ0) is 9.72. The first-order chi connectivity index (χ1) is 5.49. The van der Waals surface area contributed by atoms with Crippen LogP contribution in [0.1, 0.15) is 13.8 Å². The molecule has 0 aliphatic carbocycles. The molecule has 68 valence electrons. The van der Waals surface area contributed by atoms with Crippen LogP contribution in [0.3, 0.4) is 0 Å². The Kier molecular flexibility index (Phi) is 3.99. The highest BCUT2D eigenvalue weighted by atomic mass is 16.2. The van der Waals surface area contributed by atoms with Crippen LogP contribution in [-0.2, 0) is 4.79 Å². The molecular formula is C7H14N4O. The number of nitrogens with zero attached hydrogens (tertiary/aromatic N) is 2. The third-order valence-electron chi connectivity index (χ3n) is 1.37. The number of carbonyl (C=O) groups is 1. The second kappa shape index (κ2) is 4.50. The summed E-state index contributed by atoms with van der Waals surface area (Å²) in [6.45, 7) is 6.70. The van der Waals surface area contributed by atoms with Gasteiger partial charge in [0.1, 0.15) is 11.7 Å². The van der Waals surface area contributed by atoms with E-state index in [9.17, 15) is 4.79 Å². The number of hydrazine groups is 1. The molecular weight excluding hydrogens is 156 g/mol. The van der Waals surface area contributed by atoms with E-state index in [4.69, 9.17) is 5.84 Å². The molecule has 0 spiro atoms. The van der Waals surface area contributed by atoms with E-state index in [0.717, 1.165) is 0 Å². The van der Waals surface area contributed by atoms with Gasteiger partial charge >= 0.3 is 0 Å². The third-order valence-corrected chi connectivity index (χ3v) is 1.37. The first-order valence-corrected chi connectivity index (χ1v) is 3.44. The average molecular weight is 170 g/mol. The number of aliphatic imine (C=N–C) groups is 1. The van der Waals surface area contributed by atoms with Crippen LogP contribution < -0.4 is 11.3 Å². The van der Waals surface area contributed by atoms with Crippen LogP contribution in [0.25, 0.3) is 0 Å². The van der Waals surface area contributed by atoms with E-state index in [1.807, 2.05) is 0 Å². The second-order valence-corrected chi connectivity index (χ2v) is 2.34. The fourth-order valence-corrected chi connectivity index (χ4v) is 0.483. The molecule has 3 N–H and O–H groups in total. The van der Waals surface area contributed by atoms with E-state index in [2.05, 4.69) is 17.0 Å². The zero-order valence-corrected chi connectivity index (χ0v) is 7.59. The summed E-state index contributed by atoms with van der Waals surface area (Å²) in [5, 5.41) is 0. The maximum absolute atomic E-state index is 10.8. The predicted octanol–water partition coefficient (Wildman–Crippen LogP) is -0.182. The van der Waals surface area contributed by atoms with Gasteiger partial charge in [-0.1, -0.05) is 6.58 Å². The van der Waals surface area contributed by atoms with Crippen LogP contribution in [0, 0.1) is 0 Å². The number of amides is 1. The Morgan fingerprint density at radius 1 is 1.58 bits per heavy atom. The van der Waals surface area contributed by atoms with Crippen molar-refractivity contribution < 1.29 is 4.79 Å². The van der Waals surface area contributed by atoms with Gasteiger partial charge in [0.2, 0.25) is 5.91 Å². The summed E-state index contributed by atoms with van der Waals surface area (Å²) >= 11 is 0. The minimum Gasteiger partial charge on any atom is -0.312 e. The van der Waals surface area contributed by atoms with Gasteiger partial charge in [-0.15, -0.1) is 0 Å². The normalized spacial score (nSPS) is 10.8.